The number of allylic oxidation sites excluding steroid dienone is 5. The Hall–Kier alpha value is -5.86. The molecule has 314 valence electrons. The molecule has 0 fully saturated rings. The van der Waals surface area contributed by atoms with Crippen molar-refractivity contribution in [2.75, 3.05) is 28.6 Å². The molecule has 60 heavy (non-hydrogen) atoms. The molecule has 0 unspecified atom stereocenters. The molecule has 4 aliphatic heterocycles. The standard InChI is InChI=1S/C46H50N4O9S/c1-27-14-16-36-34(20-27)45(2,3)38-25-32-42(53)33(43(32)54)26-39-46(4,5)35-24-31(60(57,58)59)15-17-37(35)50(39)19-11-7-9-13-41(52)48-30-22-28(44(55)56)21-29(23-30)47-40(51)12-8-6-10-18-49(36)38/h14-17,20-26H,6-13,18-19H2,1-5H3,(H4-,47,48,51,52,53,54,55,56,57,58,59)/p+1. The van der Waals surface area contributed by atoms with Crippen LogP contribution in [0.2, 0.25) is 0 Å². The molecule has 5 aliphatic rings. The van der Waals surface area contributed by atoms with Gasteiger partial charge in [-0.2, -0.15) is 13.0 Å². The lowest BCUT2D eigenvalue weighted by atomic mass is 9.77. The van der Waals surface area contributed by atoms with Crippen LogP contribution < -0.4 is 15.5 Å². The zero-order valence-corrected chi connectivity index (χ0v) is 35.3. The smallest absolute Gasteiger partial charge is 0.335 e. The first kappa shape index (κ1) is 42.3. The Morgan fingerprint density at radius 3 is 2.05 bits per heavy atom. The molecule has 4 bridgehead atoms. The van der Waals surface area contributed by atoms with Crippen molar-refractivity contribution < 1.29 is 46.9 Å². The van der Waals surface area contributed by atoms with E-state index in [4.69, 9.17) is 0 Å². The highest BCUT2D eigenvalue weighted by molar-refractivity contribution is 7.85. The minimum Gasteiger partial charge on any atom is -0.506 e. The summed E-state index contributed by atoms with van der Waals surface area (Å²) in [5.74, 6) is -2.25. The highest BCUT2D eigenvalue weighted by Crippen LogP contribution is 2.50. The van der Waals surface area contributed by atoms with E-state index in [1.165, 1.54) is 24.3 Å². The molecule has 14 heteroatoms. The number of carbonyl (C=O) groups is 4. The van der Waals surface area contributed by atoms with Gasteiger partial charge in [0.2, 0.25) is 23.3 Å². The summed E-state index contributed by atoms with van der Waals surface area (Å²) in [4.78, 5) is 54.0. The number of aryl methyl sites for hydroxylation is 1. The third-order valence-electron chi connectivity index (χ3n) is 12.1. The van der Waals surface area contributed by atoms with Gasteiger partial charge in [-0.1, -0.05) is 38.0 Å². The van der Waals surface area contributed by atoms with Crippen molar-refractivity contribution in [3.05, 3.63) is 112 Å². The number of carboxylic acid groups (broad SMARTS) is 1. The second kappa shape index (κ2) is 16.0. The van der Waals surface area contributed by atoms with Crippen molar-refractivity contribution in [3.8, 4) is 0 Å². The number of amides is 2. The van der Waals surface area contributed by atoms with E-state index >= 15 is 0 Å². The highest BCUT2D eigenvalue weighted by Gasteiger charge is 2.48. The predicted molar refractivity (Wildman–Crippen MR) is 229 cm³/mol. The first-order valence-corrected chi connectivity index (χ1v) is 21.8. The minimum atomic E-state index is -4.51. The number of Topliss-reactive ketones (excluding diaryl/α,β-unsaturated/α-hetero) is 1. The Bertz CT molecular complexity index is 2600. The monoisotopic (exact) mass is 835 g/mol. The number of nitrogens with zero attached hydrogens (tertiary/aromatic N) is 2. The summed E-state index contributed by atoms with van der Waals surface area (Å²) < 4.78 is 36.3. The Kier molecular flexibility index (Phi) is 11.2. The van der Waals surface area contributed by atoms with E-state index in [0.29, 0.717) is 68.6 Å². The lowest BCUT2D eigenvalue weighted by molar-refractivity contribution is -0.438. The number of hydrogen-bond donors (Lipinski definition) is 5. The number of carboxylic acids is 1. The summed E-state index contributed by atoms with van der Waals surface area (Å²) in [5, 5.41) is 27.0. The number of nitrogens with one attached hydrogen (secondary N) is 2. The van der Waals surface area contributed by atoms with Gasteiger partial charge in [0, 0.05) is 71.7 Å². The van der Waals surface area contributed by atoms with Gasteiger partial charge in [-0.05, 0) is 94.5 Å². The molecule has 2 amide bonds. The van der Waals surface area contributed by atoms with Gasteiger partial charge < -0.3 is 25.7 Å². The SMILES string of the molecule is Cc1ccc2c(c1)C(C)(C)C1=CC3=C(O)C(=CC4=[N+](CCCCCC(=O)Nc5cc(cc(C(=O)O)c5)NC(=O)CCCCCN12)c1ccc(S(=O)(=O)O)cc1C4(C)C)C3=O. The van der Waals surface area contributed by atoms with Gasteiger partial charge in [0.05, 0.1) is 27.0 Å². The van der Waals surface area contributed by atoms with E-state index in [9.17, 15) is 42.4 Å². The third-order valence-corrected chi connectivity index (χ3v) is 12.9. The van der Waals surface area contributed by atoms with Gasteiger partial charge in [0.1, 0.15) is 12.3 Å². The Morgan fingerprint density at radius 1 is 0.783 bits per heavy atom. The maximum absolute atomic E-state index is 14.1. The molecule has 0 aromatic heterocycles. The zero-order chi connectivity index (χ0) is 43.3. The highest BCUT2D eigenvalue weighted by atomic mass is 32.2. The largest absolute Gasteiger partial charge is 0.506 e. The molecule has 0 radical (unpaired) electrons. The number of aliphatic hydroxyl groups is 1. The summed E-state index contributed by atoms with van der Waals surface area (Å²) >= 11 is 0. The Morgan fingerprint density at radius 2 is 1.43 bits per heavy atom. The lowest BCUT2D eigenvalue weighted by Gasteiger charge is -2.29. The molecule has 0 saturated heterocycles. The summed E-state index contributed by atoms with van der Waals surface area (Å²) in [7, 11) is -4.51. The van der Waals surface area contributed by atoms with Gasteiger partial charge in [-0.15, -0.1) is 0 Å². The van der Waals surface area contributed by atoms with Gasteiger partial charge >= 0.3 is 5.97 Å². The molecule has 0 spiro atoms. The molecule has 4 heterocycles. The minimum absolute atomic E-state index is 0.0768. The molecule has 5 N–H and O–H groups in total. The van der Waals surface area contributed by atoms with Crippen LogP contribution in [-0.2, 0) is 35.3 Å². The van der Waals surface area contributed by atoms with Crippen molar-refractivity contribution >= 4 is 62.1 Å². The molecule has 13 nitrogen and oxygen atoms in total. The lowest BCUT2D eigenvalue weighted by Crippen LogP contribution is -2.32. The first-order chi connectivity index (χ1) is 28.3. The van der Waals surface area contributed by atoms with Gasteiger partial charge in [-0.3, -0.25) is 18.9 Å². The summed E-state index contributed by atoms with van der Waals surface area (Å²) in [6.07, 6.45) is 7.49. The van der Waals surface area contributed by atoms with Crippen LogP contribution in [0.25, 0.3) is 0 Å². The van der Waals surface area contributed by atoms with Crippen LogP contribution in [-0.4, -0.2) is 70.1 Å². The second-order valence-electron chi connectivity index (χ2n) is 17.1. The van der Waals surface area contributed by atoms with E-state index in [1.54, 1.807) is 24.3 Å². The van der Waals surface area contributed by atoms with Crippen molar-refractivity contribution in [3.63, 3.8) is 0 Å². The van der Waals surface area contributed by atoms with Crippen LogP contribution >= 0.6 is 0 Å². The van der Waals surface area contributed by atoms with Gasteiger partial charge in [0.25, 0.3) is 10.1 Å². The molecular formula is C46H51N4O9S+. The van der Waals surface area contributed by atoms with Crippen molar-refractivity contribution in [2.45, 2.75) is 102 Å². The number of carbonyl (C=O) groups excluding carboxylic acids is 3. The molecular weight excluding hydrogens is 785 g/mol. The van der Waals surface area contributed by atoms with Crippen LogP contribution in [0.15, 0.2) is 94.2 Å². The average Bonchev–Trinajstić information content (AvgIpc) is 3.51. The van der Waals surface area contributed by atoms with E-state index in [2.05, 4.69) is 41.5 Å². The fourth-order valence-corrected chi connectivity index (χ4v) is 9.30. The maximum Gasteiger partial charge on any atom is 0.335 e. The summed E-state index contributed by atoms with van der Waals surface area (Å²) in [6, 6.07) is 14.9. The molecule has 3 aromatic carbocycles. The number of hydrogen-bond acceptors (Lipinski definition) is 8. The Labute approximate surface area is 349 Å². The maximum atomic E-state index is 14.1. The summed E-state index contributed by atoms with van der Waals surface area (Å²) in [5.41, 5.74) is 5.47. The van der Waals surface area contributed by atoms with E-state index in [-0.39, 0.29) is 69.2 Å². The number of benzene rings is 3. The van der Waals surface area contributed by atoms with Crippen LogP contribution in [0, 0.1) is 6.92 Å². The van der Waals surface area contributed by atoms with Crippen LogP contribution in [0.3, 0.4) is 0 Å². The molecule has 8 rings (SSSR count). The molecule has 3 aromatic rings. The first-order valence-electron chi connectivity index (χ1n) is 20.3. The number of ketones is 1. The third kappa shape index (κ3) is 8.05. The number of rotatable bonds is 2. The van der Waals surface area contributed by atoms with Crippen molar-refractivity contribution in [2.24, 2.45) is 0 Å². The number of aromatic carboxylic acids is 1. The van der Waals surface area contributed by atoms with Crippen LogP contribution in [0.4, 0.5) is 22.7 Å². The molecule has 0 atom stereocenters. The van der Waals surface area contributed by atoms with Crippen molar-refractivity contribution in [1.82, 2.24) is 0 Å². The molecule has 1 aliphatic carbocycles. The van der Waals surface area contributed by atoms with Gasteiger partial charge in [0.15, 0.2) is 5.71 Å². The quantitative estimate of drug-likeness (QED) is 0.125. The fourth-order valence-electron chi connectivity index (χ4n) is 8.80. The van der Waals surface area contributed by atoms with Crippen molar-refractivity contribution in [1.29, 1.82) is 0 Å². The van der Waals surface area contributed by atoms with Crippen LogP contribution in [0.5, 0.6) is 0 Å². The Balaban J connectivity index is 1.27. The predicted octanol–water partition coefficient (Wildman–Crippen LogP) is 8.03. The zero-order valence-electron chi connectivity index (χ0n) is 34.5. The molecule has 0 saturated carbocycles. The van der Waals surface area contributed by atoms with E-state index in [1.807, 2.05) is 31.4 Å². The number of aliphatic hydroxyl groups excluding tert-OH is 1. The topological polar surface area (TPSA) is 193 Å². The van der Waals surface area contributed by atoms with E-state index in [0.717, 1.165) is 22.5 Å². The average molecular weight is 836 g/mol. The van der Waals surface area contributed by atoms with Gasteiger partial charge in [-0.25, -0.2) is 4.79 Å². The van der Waals surface area contributed by atoms with Crippen LogP contribution in [0.1, 0.15) is 106 Å². The second-order valence-corrected chi connectivity index (χ2v) is 18.5. The van der Waals surface area contributed by atoms with E-state index < -0.39 is 26.9 Å². The fraction of sp³-hybridized carbons (Fsp3) is 0.370. The summed E-state index contributed by atoms with van der Waals surface area (Å²) in [6.45, 7) is 11.0. The number of fused-ring (bicyclic) bond motifs is 14. The number of anilines is 3. The normalized spacial score (nSPS) is 19.8.